The second kappa shape index (κ2) is 9.30. The Morgan fingerprint density at radius 3 is 1.65 bits per heavy atom. The van der Waals surface area contributed by atoms with Gasteiger partial charge in [0.2, 0.25) is 0 Å². The summed E-state index contributed by atoms with van der Waals surface area (Å²) in [4.78, 5) is 9.16. The predicted octanol–water partition coefficient (Wildman–Crippen LogP) is 9.79. The molecule has 3 heterocycles. The van der Waals surface area contributed by atoms with E-state index in [9.17, 15) is 0 Å². The molecule has 0 bridgehead atoms. The molecule has 3 nitrogen and oxygen atoms in total. The van der Waals surface area contributed by atoms with Crippen molar-refractivity contribution in [2.45, 2.75) is 0 Å². The fourth-order valence-electron chi connectivity index (χ4n) is 5.57. The monoisotopic (exact) mass is 529 g/mol. The largest absolute Gasteiger partial charge is 0.309 e. The molecule has 3 aromatic heterocycles. The zero-order valence-corrected chi connectivity index (χ0v) is 22.3. The summed E-state index contributed by atoms with van der Waals surface area (Å²) in [6.45, 7) is 0. The van der Waals surface area contributed by atoms with Gasteiger partial charge in [-0.05, 0) is 82.9 Å². The van der Waals surface area contributed by atoms with E-state index >= 15 is 0 Å². The van der Waals surface area contributed by atoms with Crippen molar-refractivity contribution in [1.29, 1.82) is 0 Å². The Hall–Kier alpha value is -5.06. The molecule has 40 heavy (non-hydrogen) atoms. The van der Waals surface area contributed by atoms with Crippen molar-refractivity contribution in [2.24, 2.45) is 0 Å². The van der Waals surface area contributed by atoms with Crippen molar-refractivity contribution in [3.63, 3.8) is 0 Å². The summed E-state index contributed by atoms with van der Waals surface area (Å²) >= 11 is 1.68. The van der Waals surface area contributed by atoms with Crippen molar-refractivity contribution in [3.8, 4) is 38.5 Å². The number of thiazole rings is 1. The lowest BCUT2D eigenvalue weighted by atomic mass is 10.0. The van der Waals surface area contributed by atoms with Gasteiger partial charge >= 0.3 is 0 Å². The van der Waals surface area contributed by atoms with Crippen LogP contribution < -0.4 is 0 Å². The first-order valence-corrected chi connectivity index (χ1v) is 14.1. The van der Waals surface area contributed by atoms with Gasteiger partial charge in [0.05, 0.1) is 15.7 Å². The van der Waals surface area contributed by atoms with Gasteiger partial charge in [0.1, 0.15) is 5.01 Å². The zero-order chi connectivity index (χ0) is 26.5. The van der Waals surface area contributed by atoms with Crippen LogP contribution in [0.15, 0.2) is 140 Å². The minimum Gasteiger partial charge on any atom is -0.309 e. The third-order valence-corrected chi connectivity index (χ3v) is 8.58. The van der Waals surface area contributed by atoms with Gasteiger partial charge in [0.15, 0.2) is 5.65 Å². The summed E-state index contributed by atoms with van der Waals surface area (Å²) in [5, 5.41) is 3.48. The molecule has 0 aliphatic carbocycles. The highest BCUT2D eigenvalue weighted by molar-refractivity contribution is 7.21. The summed E-state index contributed by atoms with van der Waals surface area (Å²) in [5.74, 6) is 0. The van der Waals surface area contributed by atoms with Gasteiger partial charge in [0.25, 0.3) is 0 Å². The van der Waals surface area contributed by atoms with Crippen LogP contribution in [0.4, 0.5) is 0 Å². The molecule has 0 saturated carbocycles. The standard InChI is InChI=1S/C36H23N3S/c1-3-8-24(9-4-1)27-15-19-32-30(22-27)31-23-28(25-10-5-2-6-11-25)16-20-33(31)39(32)29-17-13-26(14-18-29)36-38-35-34(40-36)12-7-21-37-35/h1-23H. The Bertz CT molecular complexity index is 2010. The molecule has 4 heteroatoms. The summed E-state index contributed by atoms with van der Waals surface area (Å²) in [6.07, 6.45) is 1.80. The van der Waals surface area contributed by atoms with E-state index in [0.29, 0.717) is 0 Å². The van der Waals surface area contributed by atoms with Crippen LogP contribution in [0, 0.1) is 0 Å². The van der Waals surface area contributed by atoms with Gasteiger partial charge in [0, 0.05) is 28.2 Å². The quantitative estimate of drug-likeness (QED) is 0.227. The van der Waals surface area contributed by atoms with Crippen LogP contribution in [0.25, 0.3) is 70.7 Å². The van der Waals surface area contributed by atoms with Crippen molar-refractivity contribution in [1.82, 2.24) is 14.5 Å². The topological polar surface area (TPSA) is 30.7 Å². The third-order valence-electron chi connectivity index (χ3n) is 7.52. The summed E-state index contributed by atoms with van der Waals surface area (Å²) in [7, 11) is 0. The minimum absolute atomic E-state index is 0.803. The van der Waals surface area contributed by atoms with Gasteiger partial charge < -0.3 is 4.57 Å². The van der Waals surface area contributed by atoms with E-state index < -0.39 is 0 Å². The third kappa shape index (κ3) is 3.81. The lowest BCUT2D eigenvalue weighted by molar-refractivity contribution is 1.18. The first kappa shape index (κ1) is 22.9. The van der Waals surface area contributed by atoms with Crippen molar-refractivity contribution in [2.75, 3.05) is 0 Å². The molecule has 0 aliphatic rings. The number of aromatic nitrogens is 3. The molecule has 0 atom stereocenters. The van der Waals surface area contributed by atoms with Crippen molar-refractivity contribution < 1.29 is 0 Å². The highest BCUT2D eigenvalue weighted by Crippen LogP contribution is 2.38. The molecule has 8 aromatic rings. The van der Waals surface area contributed by atoms with Gasteiger partial charge in [-0.2, -0.15) is 0 Å². The molecule has 0 amide bonds. The Kier molecular flexibility index (Phi) is 5.32. The van der Waals surface area contributed by atoms with Crippen LogP contribution in [0.2, 0.25) is 0 Å². The van der Waals surface area contributed by atoms with E-state index in [-0.39, 0.29) is 0 Å². The van der Waals surface area contributed by atoms with E-state index in [2.05, 4.69) is 137 Å². The minimum atomic E-state index is 0.803. The first-order valence-electron chi connectivity index (χ1n) is 13.3. The van der Waals surface area contributed by atoms with Crippen molar-refractivity contribution >= 4 is 43.5 Å². The molecule has 0 unspecified atom stereocenters. The van der Waals surface area contributed by atoms with E-state index in [1.807, 2.05) is 6.07 Å². The van der Waals surface area contributed by atoms with Crippen LogP contribution in [0.3, 0.4) is 0 Å². The highest BCUT2D eigenvalue weighted by Gasteiger charge is 2.15. The van der Waals surface area contributed by atoms with Crippen LogP contribution in [0.1, 0.15) is 0 Å². The summed E-state index contributed by atoms with van der Waals surface area (Å²) in [6, 6.07) is 47.6. The number of hydrogen-bond donors (Lipinski definition) is 0. The molecule has 0 N–H and O–H groups in total. The molecule has 5 aromatic carbocycles. The van der Waals surface area contributed by atoms with Crippen LogP contribution in [-0.4, -0.2) is 14.5 Å². The van der Waals surface area contributed by atoms with Gasteiger partial charge in [-0.1, -0.05) is 72.8 Å². The fourth-order valence-corrected chi connectivity index (χ4v) is 6.50. The number of fused-ring (bicyclic) bond motifs is 4. The lowest BCUT2D eigenvalue weighted by Gasteiger charge is -2.09. The van der Waals surface area contributed by atoms with E-state index in [0.717, 1.165) is 26.6 Å². The molecule has 8 rings (SSSR count). The van der Waals surface area contributed by atoms with Crippen molar-refractivity contribution in [3.05, 3.63) is 140 Å². The smallest absolute Gasteiger partial charge is 0.170 e. The molecule has 0 radical (unpaired) electrons. The molecule has 0 fully saturated rings. The second-order valence-electron chi connectivity index (χ2n) is 9.92. The van der Waals surface area contributed by atoms with Crippen LogP contribution in [-0.2, 0) is 0 Å². The first-order chi connectivity index (χ1) is 19.8. The van der Waals surface area contributed by atoms with E-state index in [1.165, 1.54) is 44.1 Å². The maximum atomic E-state index is 4.75. The average molecular weight is 530 g/mol. The number of nitrogens with zero attached hydrogens (tertiary/aromatic N) is 3. The lowest BCUT2D eigenvalue weighted by Crippen LogP contribution is -1.94. The Balaban J connectivity index is 1.31. The maximum absolute atomic E-state index is 4.75. The Labute approximate surface area is 235 Å². The highest BCUT2D eigenvalue weighted by atomic mass is 32.1. The molecule has 0 spiro atoms. The van der Waals surface area contributed by atoms with E-state index in [1.54, 1.807) is 17.5 Å². The Morgan fingerprint density at radius 1 is 0.500 bits per heavy atom. The maximum Gasteiger partial charge on any atom is 0.170 e. The fraction of sp³-hybridized carbons (Fsp3) is 0. The van der Waals surface area contributed by atoms with Gasteiger partial charge in [-0.25, -0.2) is 9.97 Å². The zero-order valence-electron chi connectivity index (χ0n) is 21.5. The van der Waals surface area contributed by atoms with Gasteiger partial charge in [-0.15, -0.1) is 11.3 Å². The number of rotatable bonds is 4. The number of benzene rings is 5. The summed E-state index contributed by atoms with van der Waals surface area (Å²) in [5.41, 5.74) is 10.3. The second-order valence-corrected chi connectivity index (χ2v) is 11.0. The van der Waals surface area contributed by atoms with Gasteiger partial charge in [-0.3, -0.25) is 0 Å². The normalized spacial score (nSPS) is 11.5. The number of hydrogen-bond acceptors (Lipinski definition) is 3. The summed E-state index contributed by atoms with van der Waals surface area (Å²) < 4.78 is 3.48. The van der Waals surface area contributed by atoms with Crippen LogP contribution in [0.5, 0.6) is 0 Å². The van der Waals surface area contributed by atoms with Crippen LogP contribution >= 0.6 is 11.3 Å². The average Bonchev–Trinajstić information content (AvgIpc) is 3.61. The molecular weight excluding hydrogens is 506 g/mol. The Morgan fingerprint density at radius 2 is 1.07 bits per heavy atom. The van der Waals surface area contributed by atoms with E-state index in [4.69, 9.17) is 4.98 Å². The predicted molar refractivity (Wildman–Crippen MR) is 168 cm³/mol. The molecule has 188 valence electrons. The molecule has 0 aliphatic heterocycles. The molecule has 0 saturated heterocycles. The number of pyridine rings is 1. The SMILES string of the molecule is c1ccc(-c2ccc3c(c2)c2cc(-c4ccccc4)ccc2n3-c2ccc(-c3nc4ncccc4s3)cc2)cc1. The molecular formula is C36H23N3S.